The van der Waals surface area contributed by atoms with Gasteiger partial charge in [0, 0.05) is 24.1 Å². The van der Waals surface area contributed by atoms with Gasteiger partial charge in [-0.25, -0.2) is 14.3 Å². The number of benzene rings is 1. The molecule has 0 unspecified atom stereocenters. The van der Waals surface area contributed by atoms with Crippen LogP contribution in [0.4, 0.5) is 11.4 Å². The molecular weight excluding hydrogens is 394 g/mol. The fourth-order valence-corrected chi connectivity index (χ4v) is 3.19. The number of pyridine rings is 1. The molecule has 8 nitrogen and oxygen atoms in total. The third kappa shape index (κ3) is 4.02. The summed E-state index contributed by atoms with van der Waals surface area (Å²) >= 11 is 0. The molecule has 0 aliphatic rings. The van der Waals surface area contributed by atoms with Crippen molar-refractivity contribution in [3.8, 4) is 17.7 Å². The van der Waals surface area contributed by atoms with Gasteiger partial charge in [0.1, 0.15) is 11.8 Å². The highest BCUT2D eigenvalue weighted by molar-refractivity contribution is 5.97. The Morgan fingerprint density at radius 3 is 2.71 bits per heavy atom. The summed E-state index contributed by atoms with van der Waals surface area (Å²) in [5.41, 5.74) is 3.39. The Kier molecular flexibility index (Phi) is 5.49. The van der Waals surface area contributed by atoms with Gasteiger partial charge in [-0.05, 0) is 49.7 Å². The van der Waals surface area contributed by atoms with E-state index in [1.807, 2.05) is 24.3 Å². The Bertz CT molecular complexity index is 1270. The Balaban J connectivity index is 1.67. The van der Waals surface area contributed by atoms with Crippen molar-refractivity contribution in [2.75, 3.05) is 11.9 Å². The minimum Gasteiger partial charge on any atom is -0.462 e. The predicted molar refractivity (Wildman–Crippen MR) is 115 cm³/mol. The zero-order chi connectivity index (χ0) is 21.8. The van der Waals surface area contributed by atoms with Gasteiger partial charge in [0.05, 0.1) is 35.1 Å². The smallest absolute Gasteiger partial charge is 0.340 e. The third-order valence-electron chi connectivity index (χ3n) is 4.66. The zero-order valence-electron chi connectivity index (χ0n) is 17.0. The van der Waals surface area contributed by atoms with Crippen LogP contribution in [0, 0.1) is 18.3 Å². The predicted octanol–water partition coefficient (Wildman–Crippen LogP) is 4.62. The van der Waals surface area contributed by atoms with E-state index in [0.29, 0.717) is 39.5 Å². The fraction of sp³-hybridized carbons (Fsp3) is 0.130. The molecule has 0 aliphatic heterocycles. The number of esters is 1. The van der Waals surface area contributed by atoms with Crippen LogP contribution in [0.2, 0.25) is 0 Å². The molecule has 154 valence electrons. The molecule has 1 N–H and O–H groups in total. The molecule has 8 heteroatoms. The number of nitriles is 1. The zero-order valence-corrected chi connectivity index (χ0v) is 17.0. The van der Waals surface area contributed by atoms with Crippen LogP contribution >= 0.6 is 0 Å². The van der Waals surface area contributed by atoms with E-state index in [1.54, 1.807) is 49.0 Å². The summed E-state index contributed by atoms with van der Waals surface area (Å²) in [6.07, 6.45) is 4.73. The second-order valence-corrected chi connectivity index (χ2v) is 6.65. The first-order valence-electron chi connectivity index (χ1n) is 9.65. The number of ether oxygens (including phenoxy) is 2. The lowest BCUT2D eigenvalue weighted by Gasteiger charge is -2.12. The van der Waals surface area contributed by atoms with Gasteiger partial charge in [-0.15, -0.1) is 0 Å². The van der Waals surface area contributed by atoms with E-state index in [4.69, 9.17) is 9.47 Å². The summed E-state index contributed by atoms with van der Waals surface area (Å²) in [7, 11) is 0. The number of nitrogens with one attached hydrogen (secondary N) is 1. The minimum atomic E-state index is -0.425. The lowest BCUT2D eigenvalue weighted by Crippen LogP contribution is -2.04. The summed E-state index contributed by atoms with van der Waals surface area (Å²) in [5.74, 6) is 0.709. The summed E-state index contributed by atoms with van der Waals surface area (Å²) in [4.78, 5) is 16.4. The van der Waals surface area contributed by atoms with Gasteiger partial charge < -0.3 is 14.8 Å². The molecule has 3 heterocycles. The van der Waals surface area contributed by atoms with Crippen LogP contribution in [0.3, 0.4) is 0 Å². The summed E-state index contributed by atoms with van der Waals surface area (Å²) in [6, 6.07) is 14.9. The largest absolute Gasteiger partial charge is 0.462 e. The highest BCUT2D eigenvalue weighted by Crippen LogP contribution is 2.31. The Labute approximate surface area is 178 Å². The molecule has 0 radical (unpaired) electrons. The van der Waals surface area contributed by atoms with Gasteiger partial charge in [-0.1, -0.05) is 6.07 Å². The number of anilines is 2. The van der Waals surface area contributed by atoms with Gasteiger partial charge >= 0.3 is 5.97 Å². The van der Waals surface area contributed by atoms with Gasteiger partial charge in [-0.3, -0.25) is 0 Å². The van der Waals surface area contributed by atoms with Crippen LogP contribution in [-0.4, -0.2) is 27.2 Å². The fourth-order valence-electron chi connectivity index (χ4n) is 3.19. The van der Waals surface area contributed by atoms with E-state index >= 15 is 0 Å². The average molecular weight is 413 g/mol. The van der Waals surface area contributed by atoms with Crippen LogP contribution in [0.15, 0.2) is 61.1 Å². The normalized spacial score (nSPS) is 10.5. The van der Waals surface area contributed by atoms with Crippen LogP contribution < -0.4 is 10.1 Å². The number of carbonyl (C=O) groups excluding carboxylic acids is 1. The molecule has 4 aromatic rings. The van der Waals surface area contributed by atoms with E-state index in [9.17, 15) is 10.1 Å². The Hall–Kier alpha value is -4.38. The number of aromatic nitrogens is 3. The molecule has 1 aromatic carbocycles. The molecule has 31 heavy (non-hydrogen) atoms. The summed E-state index contributed by atoms with van der Waals surface area (Å²) in [5, 5.41) is 17.1. The molecule has 0 bridgehead atoms. The lowest BCUT2D eigenvalue weighted by molar-refractivity contribution is 0.0525. The van der Waals surface area contributed by atoms with Gasteiger partial charge in [0.15, 0.2) is 0 Å². The van der Waals surface area contributed by atoms with Gasteiger partial charge in [0.2, 0.25) is 5.88 Å². The van der Waals surface area contributed by atoms with Crippen LogP contribution in [0.25, 0.3) is 5.52 Å². The Morgan fingerprint density at radius 1 is 1.23 bits per heavy atom. The van der Waals surface area contributed by atoms with Crippen molar-refractivity contribution in [3.05, 3.63) is 77.7 Å². The maximum Gasteiger partial charge on any atom is 0.340 e. The van der Waals surface area contributed by atoms with E-state index in [2.05, 4.69) is 21.5 Å². The van der Waals surface area contributed by atoms with Crippen molar-refractivity contribution in [1.82, 2.24) is 14.6 Å². The maximum absolute atomic E-state index is 12.3. The molecule has 0 saturated heterocycles. The van der Waals surface area contributed by atoms with Crippen molar-refractivity contribution in [2.24, 2.45) is 0 Å². The molecular formula is C23H19N5O3. The highest BCUT2D eigenvalue weighted by atomic mass is 16.5. The molecule has 0 atom stereocenters. The molecule has 0 spiro atoms. The Morgan fingerprint density at radius 2 is 2.03 bits per heavy atom. The van der Waals surface area contributed by atoms with Crippen molar-refractivity contribution >= 4 is 22.9 Å². The first kappa shape index (κ1) is 19.9. The lowest BCUT2D eigenvalue weighted by atomic mass is 10.1. The molecule has 3 aromatic heterocycles. The van der Waals surface area contributed by atoms with Crippen LogP contribution in [0.5, 0.6) is 11.6 Å². The molecule has 0 saturated carbocycles. The number of carbonyl (C=O) groups is 1. The van der Waals surface area contributed by atoms with E-state index in [-0.39, 0.29) is 6.61 Å². The second-order valence-electron chi connectivity index (χ2n) is 6.65. The SMILES string of the molecule is CCOC(=O)c1cn2ncc(C#N)c(Nc3ccc(Oc4ccccn4)cc3)c2c1C. The third-order valence-corrected chi connectivity index (χ3v) is 4.66. The van der Waals surface area contributed by atoms with Gasteiger partial charge in [-0.2, -0.15) is 10.4 Å². The average Bonchev–Trinajstić information content (AvgIpc) is 3.13. The monoisotopic (exact) mass is 413 g/mol. The number of rotatable bonds is 6. The van der Waals surface area contributed by atoms with E-state index in [1.165, 1.54) is 6.20 Å². The van der Waals surface area contributed by atoms with E-state index < -0.39 is 5.97 Å². The van der Waals surface area contributed by atoms with Crippen molar-refractivity contribution in [3.63, 3.8) is 0 Å². The van der Waals surface area contributed by atoms with Crippen LogP contribution in [0.1, 0.15) is 28.4 Å². The minimum absolute atomic E-state index is 0.277. The molecule has 0 fully saturated rings. The second kappa shape index (κ2) is 8.55. The molecule has 4 rings (SSSR count). The quantitative estimate of drug-likeness (QED) is 0.460. The highest BCUT2D eigenvalue weighted by Gasteiger charge is 2.20. The first-order valence-corrected chi connectivity index (χ1v) is 9.65. The summed E-state index contributed by atoms with van der Waals surface area (Å²) in [6.45, 7) is 3.84. The number of nitrogens with zero attached hydrogens (tertiary/aromatic N) is 4. The number of aryl methyl sites for hydroxylation is 1. The number of hydrogen-bond donors (Lipinski definition) is 1. The van der Waals surface area contributed by atoms with Crippen molar-refractivity contribution in [2.45, 2.75) is 13.8 Å². The van der Waals surface area contributed by atoms with Gasteiger partial charge in [0.25, 0.3) is 0 Å². The number of hydrogen-bond acceptors (Lipinski definition) is 7. The maximum atomic E-state index is 12.3. The van der Waals surface area contributed by atoms with Crippen LogP contribution in [-0.2, 0) is 4.74 Å². The topological polar surface area (TPSA) is 102 Å². The summed E-state index contributed by atoms with van der Waals surface area (Å²) < 4.78 is 12.4. The first-order chi connectivity index (χ1) is 15.1. The van der Waals surface area contributed by atoms with E-state index in [0.717, 1.165) is 5.69 Å². The van der Waals surface area contributed by atoms with Crippen molar-refractivity contribution in [1.29, 1.82) is 5.26 Å². The molecule has 0 amide bonds. The standard InChI is InChI=1S/C23H19N5O3/c1-3-30-23(29)19-14-28-22(15(19)2)21(16(12-24)13-26-28)27-17-7-9-18(10-8-17)31-20-6-4-5-11-25-20/h4-11,13-14,27H,3H2,1-2H3. The van der Waals surface area contributed by atoms with Crippen molar-refractivity contribution < 1.29 is 14.3 Å². The number of fused-ring (bicyclic) bond motifs is 1. The molecule has 0 aliphatic carbocycles.